The lowest BCUT2D eigenvalue weighted by molar-refractivity contribution is -0.392. The predicted octanol–water partition coefficient (Wildman–Crippen LogP) is 9.97. The lowest BCUT2D eigenvalue weighted by atomic mass is 9.87. The molecule has 0 radical (unpaired) electrons. The summed E-state index contributed by atoms with van der Waals surface area (Å²) in [4.78, 5) is 0. The van der Waals surface area contributed by atoms with Crippen LogP contribution in [0.5, 0.6) is 0 Å². The van der Waals surface area contributed by atoms with E-state index >= 15 is 0 Å². The van der Waals surface area contributed by atoms with Gasteiger partial charge in [-0.1, -0.05) is 105 Å². The van der Waals surface area contributed by atoms with Crippen molar-refractivity contribution in [3.63, 3.8) is 0 Å². The fraction of sp³-hybridized carbons (Fsp3) is 0.294. The minimum absolute atomic E-state index is 0.652. The van der Waals surface area contributed by atoms with Crippen molar-refractivity contribution in [1.82, 2.24) is 0 Å². The highest BCUT2D eigenvalue weighted by atomic mass is 79.9. The zero-order valence-corrected chi connectivity index (χ0v) is 25.0. The average Bonchev–Trinajstić information content (AvgIpc) is 2.99. The van der Waals surface area contributed by atoms with Crippen molar-refractivity contribution in [2.24, 2.45) is 0 Å². The van der Waals surface area contributed by atoms with Crippen LogP contribution >= 0.6 is 31.9 Å². The SMILES string of the molecule is Brc1ccc(-c2ccccc2C2(OC3(c4ccccc4-c4ccc(Br)cc4)CCCCO3)CCCCO2)cc1. The summed E-state index contributed by atoms with van der Waals surface area (Å²) in [6, 6.07) is 34.0. The molecule has 0 aromatic heterocycles. The zero-order chi connectivity index (χ0) is 26.7. The van der Waals surface area contributed by atoms with Gasteiger partial charge in [0, 0.05) is 32.9 Å². The predicted molar refractivity (Wildman–Crippen MR) is 163 cm³/mol. The van der Waals surface area contributed by atoms with Gasteiger partial charge in [0.2, 0.25) is 0 Å². The van der Waals surface area contributed by atoms with Gasteiger partial charge in [-0.05, 0) is 72.2 Å². The maximum atomic E-state index is 7.39. The summed E-state index contributed by atoms with van der Waals surface area (Å²) in [5.74, 6) is -1.85. The second-order valence-electron chi connectivity index (χ2n) is 10.3. The summed E-state index contributed by atoms with van der Waals surface area (Å²) < 4.78 is 23.0. The molecular formula is C34H32Br2O3. The summed E-state index contributed by atoms with van der Waals surface area (Å²) >= 11 is 7.17. The van der Waals surface area contributed by atoms with E-state index in [1.165, 1.54) is 0 Å². The van der Waals surface area contributed by atoms with E-state index in [4.69, 9.17) is 14.2 Å². The Morgan fingerprint density at radius 3 is 1.31 bits per heavy atom. The van der Waals surface area contributed by atoms with Gasteiger partial charge in [0.05, 0.1) is 13.2 Å². The molecule has 2 atom stereocenters. The lowest BCUT2D eigenvalue weighted by Gasteiger charge is -2.48. The summed E-state index contributed by atoms with van der Waals surface area (Å²) in [7, 11) is 0. The van der Waals surface area contributed by atoms with Crippen molar-refractivity contribution in [2.75, 3.05) is 13.2 Å². The van der Waals surface area contributed by atoms with Crippen LogP contribution in [0.1, 0.15) is 49.7 Å². The van der Waals surface area contributed by atoms with Gasteiger partial charge in [-0.15, -0.1) is 0 Å². The molecule has 6 rings (SSSR count). The highest BCUT2D eigenvalue weighted by Crippen LogP contribution is 2.50. The second kappa shape index (κ2) is 11.7. The molecule has 4 aromatic rings. The largest absolute Gasteiger partial charge is 0.346 e. The summed E-state index contributed by atoms with van der Waals surface area (Å²) in [6.07, 6.45) is 5.64. The van der Waals surface area contributed by atoms with Crippen LogP contribution in [-0.2, 0) is 25.8 Å². The average molecular weight is 648 g/mol. The monoisotopic (exact) mass is 646 g/mol. The van der Waals surface area contributed by atoms with E-state index in [9.17, 15) is 0 Å². The Morgan fingerprint density at radius 2 is 0.923 bits per heavy atom. The van der Waals surface area contributed by atoms with Crippen molar-refractivity contribution >= 4 is 31.9 Å². The molecule has 0 amide bonds. The Bertz CT molecular complexity index is 1290. The van der Waals surface area contributed by atoms with Crippen LogP contribution in [-0.4, -0.2) is 13.2 Å². The van der Waals surface area contributed by atoms with Crippen LogP contribution in [0.25, 0.3) is 22.3 Å². The number of hydrogen-bond donors (Lipinski definition) is 0. The van der Waals surface area contributed by atoms with Gasteiger partial charge in [0.25, 0.3) is 0 Å². The fourth-order valence-electron chi connectivity index (χ4n) is 5.89. The molecule has 3 nitrogen and oxygen atoms in total. The maximum absolute atomic E-state index is 7.39. The van der Waals surface area contributed by atoms with Crippen molar-refractivity contribution in [1.29, 1.82) is 0 Å². The van der Waals surface area contributed by atoms with E-state index in [-0.39, 0.29) is 0 Å². The van der Waals surface area contributed by atoms with Crippen LogP contribution in [0, 0.1) is 0 Å². The quantitative estimate of drug-likeness (QED) is 0.208. The van der Waals surface area contributed by atoms with Gasteiger partial charge >= 0.3 is 0 Å². The summed E-state index contributed by atoms with van der Waals surface area (Å²) in [5, 5.41) is 0. The number of halogens is 2. The van der Waals surface area contributed by atoms with Crippen LogP contribution in [0.2, 0.25) is 0 Å². The maximum Gasteiger partial charge on any atom is 0.198 e. The minimum Gasteiger partial charge on any atom is -0.346 e. The number of ether oxygens (including phenoxy) is 3. The van der Waals surface area contributed by atoms with Crippen molar-refractivity contribution in [2.45, 2.75) is 50.1 Å². The van der Waals surface area contributed by atoms with E-state index in [1.54, 1.807) is 0 Å². The van der Waals surface area contributed by atoms with E-state index in [2.05, 4.69) is 129 Å². The molecule has 200 valence electrons. The van der Waals surface area contributed by atoms with Gasteiger partial charge in [-0.2, -0.15) is 0 Å². The molecule has 0 aliphatic carbocycles. The minimum atomic E-state index is -0.925. The molecule has 0 N–H and O–H groups in total. The van der Waals surface area contributed by atoms with Crippen LogP contribution in [0.15, 0.2) is 106 Å². The van der Waals surface area contributed by atoms with Crippen molar-refractivity contribution in [3.05, 3.63) is 117 Å². The third-order valence-corrected chi connectivity index (χ3v) is 8.84. The van der Waals surface area contributed by atoms with Gasteiger partial charge in [0.15, 0.2) is 11.6 Å². The molecule has 2 aliphatic heterocycles. The lowest BCUT2D eigenvalue weighted by Crippen LogP contribution is -2.48. The molecule has 0 spiro atoms. The Labute approximate surface area is 247 Å². The Morgan fingerprint density at radius 1 is 0.513 bits per heavy atom. The molecule has 5 heteroatoms. The van der Waals surface area contributed by atoms with Crippen LogP contribution < -0.4 is 0 Å². The third kappa shape index (κ3) is 5.53. The Kier molecular flexibility index (Phi) is 8.06. The number of hydrogen-bond acceptors (Lipinski definition) is 3. The first-order valence-corrected chi connectivity index (χ1v) is 15.4. The van der Waals surface area contributed by atoms with E-state index in [0.717, 1.165) is 80.9 Å². The summed E-state index contributed by atoms with van der Waals surface area (Å²) in [5.41, 5.74) is 6.64. The fourth-order valence-corrected chi connectivity index (χ4v) is 6.42. The first-order chi connectivity index (χ1) is 19.1. The molecular weight excluding hydrogens is 616 g/mol. The molecule has 2 unspecified atom stereocenters. The molecule has 4 aromatic carbocycles. The number of benzene rings is 4. The topological polar surface area (TPSA) is 27.7 Å². The molecule has 2 saturated heterocycles. The van der Waals surface area contributed by atoms with Gasteiger partial charge in [-0.3, -0.25) is 0 Å². The van der Waals surface area contributed by atoms with Crippen molar-refractivity contribution in [3.8, 4) is 22.3 Å². The molecule has 0 bridgehead atoms. The van der Waals surface area contributed by atoms with Crippen LogP contribution in [0.4, 0.5) is 0 Å². The van der Waals surface area contributed by atoms with Crippen LogP contribution in [0.3, 0.4) is 0 Å². The highest BCUT2D eigenvalue weighted by molar-refractivity contribution is 9.10. The molecule has 2 fully saturated rings. The Balaban J connectivity index is 1.49. The van der Waals surface area contributed by atoms with Crippen molar-refractivity contribution < 1.29 is 14.2 Å². The highest BCUT2D eigenvalue weighted by Gasteiger charge is 2.49. The standard InChI is InChI=1S/C34H32Br2O3/c35-27-17-13-25(14-18-27)29-9-1-3-11-31(29)33(21-5-7-23-37-33)39-34(22-6-8-24-38-34)32-12-4-2-10-30(32)26-15-19-28(36)20-16-26/h1-4,9-20H,5-8,21-24H2. The van der Waals surface area contributed by atoms with Gasteiger partial charge < -0.3 is 14.2 Å². The summed E-state index contributed by atoms with van der Waals surface area (Å²) in [6.45, 7) is 1.30. The zero-order valence-electron chi connectivity index (χ0n) is 21.9. The first kappa shape index (κ1) is 26.9. The van der Waals surface area contributed by atoms with E-state index in [1.807, 2.05) is 0 Å². The van der Waals surface area contributed by atoms with E-state index in [0.29, 0.717) is 13.2 Å². The Hall–Kier alpha value is -2.28. The van der Waals surface area contributed by atoms with Gasteiger partial charge in [0.1, 0.15) is 0 Å². The molecule has 0 saturated carbocycles. The normalized spacial score (nSPS) is 23.4. The van der Waals surface area contributed by atoms with E-state index < -0.39 is 11.6 Å². The molecule has 2 aliphatic rings. The third-order valence-electron chi connectivity index (χ3n) is 7.79. The smallest absolute Gasteiger partial charge is 0.198 e. The molecule has 2 heterocycles. The van der Waals surface area contributed by atoms with Gasteiger partial charge in [-0.25, -0.2) is 0 Å². The molecule has 39 heavy (non-hydrogen) atoms. The second-order valence-corrected chi connectivity index (χ2v) is 12.2. The first-order valence-electron chi connectivity index (χ1n) is 13.8. The number of rotatable bonds is 6.